The highest BCUT2D eigenvalue weighted by Gasteiger charge is 2.33. The van der Waals surface area contributed by atoms with Gasteiger partial charge in [-0.3, -0.25) is 9.69 Å². The predicted octanol–water partition coefficient (Wildman–Crippen LogP) is 6.17. The fourth-order valence-electron chi connectivity index (χ4n) is 2.91. The summed E-state index contributed by atoms with van der Waals surface area (Å²) in [5, 5.41) is 2.76. The van der Waals surface area contributed by atoms with Gasteiger partial charge in [0.05, 0.1) is 17.1 Å². The summed E-state index contributed by atoms with van der Waals surface area (Å²) < 4.78 is 0. The van der Waals surface area contributed by atoms with Gasteiger partial charge in [0, 0.05) is 4.88 Å². The van der Waals surface area contributed by atoms with Crippen molar-refractivity contribution in [3.8, 4) is 0 Å². The molecule has 0 N–H and O–H groups in total. The Morgan fingerprint density at radius 3 is 2.54 bits per heavy atom. The molecular formula is C23H20N2OS2. The van der Waals surface area contributed by atoms with Gasteiger partial charge in [-0.15, -0.1) is 11.3 Å². The Morgan fingerprint density at radius 1 is 1.00 bits per heavy atom. The molecule has 1 aliphatic rings. The van der Waals surface area contributed by atoms with E-state index < -0.39 is 0 Å². The minimum Gasteiger partial charge on any atom is -0.281 e. The van der Waals surface area contributed by atoms with Crippen LogP contribution in [-0.2, 0) is 11.3 Å². The number of hydrogen-bond donors (Lipinski definition) is 0. The second-order valence-corrected chi connectivity index (χ2v) is 8.77. The van der Waals surface area contributed by atoms with Crippen LogP contribution in [-0.4, -0.2) is 16.0 Å². The molecule has 1 aromatic heterocycles. The van der Waals surface area contributed by atoms with Gasteiger partial charge in [-0.1, -0.05) is 48.0 Å². The molecule has 0 unspecified atom stereocenters. The molecule has 0 aliphatic carbocycles. The quantitative estimate of drug-likeness (QED) is 0.487. The normalized spacial score (nSPS) is 17.1. The number of amidine groups is 1. The van der Waals surface area contributed by atoms with Gasteiger partial charge in [0.2, 0.25) is 0 Å². The number of rotatable bonds is 4. The summed E-state index contributed by atoms with van der Waals surface area (Å²) in [6, 6.07) is 20.3. The molecule has 0 bridgehead atoms. The Balaban J connectivity index is 1.69. The first-order valence-corrected chi connectivity index (χ1v) is 10.7. The van der Waals surface area contributed by atoms with E-state index in [1.54, 1.807) is 16.2 Å². The van der Waals surface area contributed by atoms with Gasteiger partial charge in [-0.05, 0) is 66.4 Å². The summed E-state index contributed by atoms with van der Waals surface area (Å²) in [7, 11) is 0. The van der Waals surface area contributed by atoms with Crippen LogP contribution in [0.1, 0.15) is 21.6 Å². The lowest BCUT2D eigenvalue weighted by Crippen LogP contribution is -2.28. The van der Waals surface area contributed by atoms with E-state index in [1.165, 1.54) is 17.3 Å². The third-order valence-electron chi connectivity index (χ3n) is 4.38. The molecule has 3 aromatic rings. The summed E-state index contributed by atoms with van der Waals surface area (Å²) in [5.74, 6) is 0.00498. The van der Waals surface area contributed by atoms with E-state index in [4.69, 9.17) is 4.99 Å². The van der Waals surface area contributed by atoms with Crippen LogP contribution in [0.3, 0.4) is 0 Å². The molecule has 28 heavy (non-hydrogen) atoms. The number of thiophene rings is 1. The molecule has 0 atom stereocenters. The monoisotopic (exact) mass is 404 g/mol. The number of nitrogens with zero attached hydrogens (tertiary/aromatic N) is 2. The molecule has 1 saturated heterocycles. The third kappa shape index (κ3) is 4.26. The predicted molar refractivity (Wildman–Crippen MR) is 120 cm³/mol. The minimum atomic E-state index is 0.00498. The Morgan fingerprint density at radius 2 is 1.82 bits per heavy atom. The maximum Gasteiger partial charge on any atom is 0.267 e. The van der Waals surface area contributed by atoms with Crippen molar-refractivity contribution >= 4 is 45.9 Å². The van der Waals surface area contributed by atoms with Crippen LogP contribution < -0.4 is 0 Å². The lowest BCUT2D eigenvalue weighted by Gasteiger charge is -2.14. The number of carbonyl (C=O) groups is 1. The van der Waals surface area contributed by atoms with Gasteiger partial charge in [0.25, 0.3) is 5.91 Å². The van der Waals surface area contributed by atoms with Gasteiger partial charge in [-0.25, -0.2) is 4.99 Å². The van der Waals surface area contributed by atoms with E-state index in [2.05, 4.69) is 25.1 Å². The van der Waals surface area contributed by atoms with Crippen molar-refractivity contribution in [2.24, 2.45) is 4.99 Å². The maximum absolute atomic E-state index is 13.1. The smallest absolute Gasteiger partial charge is 0.267 e. The van der Waals surface area contributed by atoms with Crippen molar-refractivity contribution in [1.29, 1.82) is 0 Å². The minimum absolute atomic E-state index is 0.00498. The molecule has 5 heteroatoms. The van der Waals surface area contributed by atoms with Crippen molar-refractivity contribution in [2.75, 3.05) is 0 Å². The highest BCUT2D eigenvalue weighted by atomic mass is 32.2. The molecule has 1 aliphatic heterocycles. The van der Waals surface area contributed by atoms with Gasteiger partial charge >= 0.3 is 0 Å². The van der Waals surface area contributed by atoms with Crippen molar-refractivity contribution in [2.45, 2.75) is 20.4 Å². The number of amides is 1. The lowest BCUT2D eigenvalue weighted by molar-refractivity contribution is -0.122. The van der Waals surface area contributed by atoms with Crippen LogP contribution in [0.4, 0.5) is 5.69 Å². The Hall–Kier alpha value is -2.63. The summed E-state index contributed by atoms with van der Waals surface area (Å²) in [4.78, 5) is 21.5. The molecule has 4 rings (SSSR count). The summed E-state index contributed by atoms with van der Waals surface area (Å²) in [5.41, 5.74) is 4.24. The van der Waals surface area contributed by atoms with E-state index in [0.29, 0.717) is 11.4 Å². The fraction of sp³-hybridized carbons (Fsp3) is 0.130. The standard InChI is InChI=1S/C23H20N2OS2/c1-16-8-10-18(11-9-16)14-21-22(26)25(15-20-7-4-12-27-20)23(28-21)24-19-6-3-5-17(2)13-19/h3-14H,15H2,1-2H3/b21-14+,24-23?. The van der Waals surface area contributed by atoms with Crippen molar-refractivity contribution in [3.05, 3.63) is 92.5 Å². The second kappa shape index (κ2) is 8.17. The molecular weight excluding hydrogens is 384 g/mol. The highest BCUT2D eigenvalue weighted by Crippen LogP contribution is 2.35. The number of carbonyl (C=O) groups excluding carboxylic acids is 1. The van der Waals surface area contributed by atoms with Crippen LogP contribution in [0.15, 0.2) is 75.9 Å². The zero-order chi connectivity index (χ0) is 19.5. The number of thioether (sulfide) groups is 1. The largest absolute Gasteiger partial charge is 0.281 e. The van der Waals surface area contributed by atoms with Crippen LogP contribution in [0, 0.1) is 13.8 Å². The fourth-order valence-corrected chi connectivity index (χ4v) is 4.60. The van der Waals surface area contributed by atoms with E-state index in [9.17, 15) is 4.79 Å². The van der Waals surface area contributed by atoms with E-state index in [-0.39, 0.29) is 5.91 Å². The van der Waals surface area contributed by atoms with E-state index in [0.717, 1.165) is 26.9 Å². The molecule has 1 fully saturated rings. The second-order valence-electron chi connectivity index (χ2n) is 6.73. The summed E-state index contributed by atoms with van der Waals surface area (Å²) >= 11 is 3.09. The average Bonchev–Trinajstić information content (AvgIpc) is 3.28. The number of hydrogen-bond acceptors (Lipinski definition) is 4. The molecule has 3 nitrogen and oxygen atoms in total. The van der Waals surface area contributed by atoms with Crippen molar-refractivity contribution in [3.63, 3.8) is 0 Å². The topological polar surface area (TPSA) is 32.7 Å². The zero-order valence-corrected chi connectivity index (χ0v) is 17.4. The average molecular weight is 405 g/mol. The van der Waals surface area contributed by atoms with Gasteiger partial charge < -0.3 is 0 Å². The Kier molecular flexibility index (Phi) is 5.46. The van der Waals surface area contributed by atoms with Crippen LogP contribution in [0.25, 0.3) is 6.08 Å². The molecule has 1 amide bonds. The Bertz CT molecular complexity index is 1050. The first kappa shape index (κ1) is 18.7. The molecule has 2 heterocycles. The van der Waals surface area contributed by atoms with Crippen LogP contribution in [0.5, 0.6) is 0 Å². The third-order valence-corrected chi connectivity index (χ3v) is 6.25. The van der Waals surface area contributed by atoms with E-state index in [1.807, 2.05) is 60.8 Å². The number of aliphatic imine (C=N–C) groups is 1. The van der Waals surface area contributed by atoms with Gasteiger partial charge in [0.15, 0.2) is 5.17 Å². The van der Waals surface area contributed by atoms with Crippen LogP contribution in [0.2, 0.25) is 0 Å². The van der Waals surface area contributed by atoms with Gasteiger partial charge in [-0.2, -0.15) is 0 Å². The maximum atomic E-state index is 13.1. The summed E-state index contributed by atoms with van der Waals surface area (Å²) in [6.07, 6.45) is 1.95. The first-order chi connectivity index (χ1) is 13.6. The molecule has 2 aromatic carbocycles. The van der Waals surface area contributed by atoms with E-state index >= 15 is 0 Å². The first-order valence-electron chi connectivity index (χ1n) is 9.04. The SMILES string of the molecule is Cc1ccc(/C=C2/SC(=Nc3cccc(C)c3)N(Cc3cccs3)C2=O)cc1. The number of benzene rings is 2. The van der Waals surface area contributed by atoms with Crippen molar-refractivity contribution < 1.29 is 4.79 Å². The summed E-state index contributed by atoms with van der Waals surface area (Å²) in [6.45, 7) is 4.64. The molecule has 0 radical (unpaired) electrons. The molecule has 0 saturated carbocycles. The zero-order valence-electron chi connectivity index (χ0n) is 15.8. The highest BCUT2D eigenvalue weighted by molar-refractivity contribution is 8.18. The molecule has 0 spiro atoms. The van der Waals surface area contributed by atoms with Gasteiger partial charge in [0.1, 0.15) is 0 Å². The lowest BCUT2D eigenvalue weighted by atomic mass is 10.1. The van der Waals surface area contributed by atoms with Crippen LogP contribution >= 0.6 is 23.1 Å². The van der Waals surface area contributed by atoms with Crippen molar-refractivity contribution in [1.82, 2.24) is 4.90 Å². The molecule has 140 valence electrons. The Labute approximate surface area is 173 Å². The number of aryl methyl sites for hydroxylation is 2.